The summed E-state index contributed by atoms with van der Waals surface area (Å²) < 4.78 is 38.1. The average molecular weight is 612 g/mol. The number of methoxy groups -OCH3 is 2. The van der Waals surface area contributed by atoms with Crippen LogP contribution >= 0.6 is 24.0 Å². The van der Waals surface area contributed by atoms with Crippen molar-refractivity contribution in [3.63, 3.8) is 0 Å². The molecule has 0 unspecified atom stereocenters. The van der Waals surface area contributed by atoms with Crippen molar-refractivity contribution < 1.29 is 57.1 Å². The molecule has 2 aliphatic rings. The Kier molecular flexibility index (Phi) is 10.7. The van der Waals surface area contributed by atoms with E-state index in [0.717, 1.165) is 44.4 Å². The third-order valence-electron chi connectivity index (χ3n) is 5.75. The highest BCUT2D eigenvalue weighted by Crippen LogP contribution is 2.40. The van der Waals surface area contributed by atoms with Crippen LogP contribution in [-0.4, -0.2) is 90.5 Å². The summed E-state index contributed by atoms with van der Waals surface area (Å²) in [5, 5.41) is 0. The molecule has 0 aromatic heterocycles. The second-order valence-electron chi connectivity index (χ2n) is 8.76. The molecule has 0 aliphatic carbocycles. The van der Waals surface area contributed by atoms with Crippen LogP contribution in [0.25, 0.3) is 6.08 Å². The molecule has 3 rings (SSSR count). The topological polar surface area (TPSA) is 153 Å². The van der Waals surface area contributed by atoms with Crippen LogP contribution in [0.2, 0.25) is 0 Å². The van der Waals surface area contributed by atoms with Crippen molar-refractivity contribution in [2.45, 2.75) is 58.3 Å². The maximum absolute atomic E-state index is 13.7. The molecule has 2 fully saturated rings. The first kappa shape index (κ1) is 31.8. The molecule has 0 N–H and O–H groups in total. The number of hydrogen-bond acceptors (Lipinski definition) is 14. The smallest absolute Gasteiger partial charge is 0.303 e. The van der Waals surface area contributed by atoms with Gasteiger partial charge < -0.3 is 33.2 Å². The lowest BCUT2D eigenvalue weighted by atomic mass is 9.96. The monoisotopic (exact) mass is 611 g/mol. The molecule has 13 nitrogen and oxygen atoms in total. The molecular weight excluding hydrogens is 582 g/mol. The zero-order chi connectivity index (χ0) is 30.4. The van der Waals surface area contributed by atoms with Gasteiger partial charge in [0, 0.05) is 27.7 Å². The number of rotatable bonds is 9. The van der Waals surface area contributed by atoms with E-state index in [1.165, 1.54) is 14.2 Å². The summed E-state index contributed by atoms with van der Waals surface area (Å²) in [6.07, 6.45) is -5.39. The summed E-state index contributed by atoms with van der Waals surface area (Å²) in [6.45, 7) is 4.04. The number of esters is 4. The van der Waals surface area contributed by atoms with Crippen molar-refractivity contribution in [1.29, 1.82) is 0 Å². The van der Waals surface area contributed by atoms with Crippen molar-refractivity contribution in [2.24, 2.45) is 0 Å². The van der Waals surface area contributed by atoms with Gasteiger partial charge in [0.2, 0.25) is 0 Å². The maximum atomic E-state index is 13.7. The minimum Gasteiger partial charge on any atom is -0.493 e. The summed E-state index contributed by atoms with van der Waals surface area (Å²) in [4.78, 5) is 62.7. The molecule has 0 saturated carbocycles. The van der Waals surface area contributed by atoms with Crippen molar-refractivity contribution in [2.75, 3.05) is 20.8 Å². The van der Waals surface area contributed by atoms with Crippen molar-refractivity contribution in [3.05, 3.63) is 28.7 Å². The summed E-state index contributed by atoms with van der Waals surface area (Å²) >= 11 is 6.46. The Bertz CT molecular complexity index is 1260. The molecule has 0 spiro atoms. The highest BCUT2D eigenvalue weighted by Gasteiger charge is 2.56. The second kappa shape index (κ2) is 13.8. The van der Waals surface area contributed by atoms with Crippen molar-refractivity contribution in [1.82, 2.24) is 4.90 Å². The van der Waals surface area contributed by atoms with Gasteiger partial charge in [0.05, 0.1) is 19.1 Å². The van der Waals surface area contributed by atoms with E-state index in [1.807, 2.05) is 0 Å². The summed E-state index contributed by atoms with van der Waals surface area (Å²) in [7, 11) is 2.97. The number of amides is 1. The van der Waals surface area contributed by atoms with Gasteiger partial charge in [0.15, 0.2) is 40.4 Å². The van der Waals surface area contributed by atoms with Gasteiger partial charge in [-0.1, -0.05) is 30.0 Å². The van der Waals surface area contributed by atoms with Crippen molar-refractivity contribution in [3.8, 4) is 11.5 Å². The van der Waals surface area contributed by atoms with Gasteiger partial charge in [0.25, 0.3) is 5.91 Å². The summed E-state index contributed by atoms with van der Waals surface area (Å²) in [6, 6.07) is 5.05. The lowest BCUT2D eigenvalue weighted by Crippen LogP contribution is -2.66. The van der Waals surface area contributed by atoms with Gasteiger partial charge in [0.1, 0.15) is 12.7 Å². The fourth-order valence-electron chi connectivity index (χ4n) is 4.21. The van der Waals surface area contributed by atoms with E-state index in [0.29, 0.717) is 17.1 Å². The normalized spacial score (nSPS) is 25.0. The fourth-order valence-corrected chi connectivity index (χ4v) is 5.52. The molecule has 1 amide bonds. The van der Waals surface area contributed by atoms with E-state index in [1.54, 1.807) is 24.3 Å². The summed E-state index contributed by atoms with van der Waals surface area (Å²) in [5.41, 5.74) is 0.602. The number of carbonyl (C=O) groups is 5. The van der Waals surface area contributed by atoms with Crippen LogP contribution < -0.4 is 9.47 Å². The molecule has 2 aliphatic heterocycles. The van der Waals surface area contributed by atoms with Gasteiger partial charge in [-0.05, 0) is 23.8 Å². The number of carbonyl (C=O) groups excluding carboxylic acids is 5. The lowest BCUT2D eigenvalue weighted by molar-refractivity contribution is -0.268. The molecule has 222 valence electrons. The first-order valence-electron chi connectivity index (χ1n) is 12.2. The van der Waals surface area contributed by atoms with E-state index < -0.39 is 67.0 Å². The highest BCUT2D eigenvalue weighted by molar-refractivity contribution is 8.26. The van der Waals surface area contributed by atoms with E-state index in [-0.39, 0.29) is 9.23 Å². The number of thioether (sulfide) groups is 1. The molecule has 15 heteroatoms. The molecule has 2 heterocycles. The molecule has 41 heavy (non-hydrogen) atoms. The van der Waals surface area contributed by atoms with Crippen LogP contribution in [0.4, 0.5) is 0 Å². The van der Waals surface area contributed by atoms with Crippen molar-refractivity contribution >= 4 is 64.2 Å². The minimum atomic E-state index is -1.47. The van der Waals surface area contributed by atoms with Gasteiger partial charge in [-0.15, -0.1) is 0 Å². The third-order valence-corrected chi connectivity index (χ3v) is 7.08. The second-order valence-corrected chi connectivity index (χ2v) is 10.4. The Hall–Kier alpha value is -3.69. The Morgan fingerprint density at radius 2 is 1.49 bits per heavy atom. The zero-order valence-electron chi connectivity index (χ0n) is 23.1. The predicted molar refractivity (Wildman–Crippen MR) is 147 cm³/mol. The van der Waals surface area contributed by atoms with Crippen LogP contribution in [-0.2, 0) is 47.7 Å². The van der Waals surface area contributed by atoms with Gasteiger partial charge in [-0.25, -0.2) is 0 Å². The molecule has 0 bridgehead atoms. The third kappa shape index (κ3) is 7.74. The largest absolute Gasteiger partial charge is 0.493 e. The molecule has 5 atom stereocenters. The first-order chi connectivity index (χ1) is 19.4. The van der Waals surface area contributed by atoms with Crippen LogP contribution in [0.1, 0.15) is 33.3 Å². The van der Waals surface area contributed by atoms with E-state index in [9.17, 15) is 24.0 Å². The average Bonchev–Trinajstić information content (AvgIpc) is 3.16. The van der Waals surface area contributed by atoms with Crippen LogP contribution in [0.15, 0.2) is 23.1 Å². The number of hydrogen-bond donors (Lipinski definition) is 0. The standard InChI is InChI=1S/C26H29NO12S2/c1-12(28)35-11-19-21(36-13(2)29)22(37-14(3)30)23(38-15(4)31)25(39-19)27-24(32)20(41-26(27)40)10-16-7-8-17(33-5)18(9-16)34-6/h7-10,19,21-23,25H,11H2,1-6H3/b20-10+/t19-,21+,22-,23-,25+/m0/s1. The van der Waals surface area contributed by atoms with Crippen LogP contribution in [0.3, 0.4) is 0 Å². The minimum absolute atomic E-state index is 0.0441. The Labute approximate surface area is 245 Å². The Morgan fingerprint density at radius 3 is 2.05 bits per heavy atom. The molecule has 1 aromatic carbocycles. The first-order valence-corrected chi connectivity index (χ1v) is 13.4. The lowest BCUT2D eigenvalue weighted by Gasteiger charge is -2.46. The number of benzene rings is 1. The number of ether oxygens (including phenoxy) is 7. The molecule has 2 saturated heterocycles. The highest BCUT2D eigenvalue weighted by atomic mass is 32.2. The number of nitrogens with zero attached hydrogens (tertiary/aromatic N) is 1. The number of thiocarbonyl (C=S) groups is 1. The van der Waals surface area contributed by atoms with E-state index in [2.05, 4.69) is 0 Å². The molecule has 0 radical (unpaired) electrons. The SMILES string of the molecule is COc1ccc(/C=C2/SC(=S)N([C@@H]3O[C@@H](COC(C)=O)[C@@H](OC(C)=O)[C@H](OC(C)=O)[C@@H]3OC(C)=O)C2=O)cc1OC. The summed E-state index contributed by atoms with van der Waals surface area (Å²) in [5.74, 6) is -2.70. The van der Waals surface area contributed by atoms with E-state index in [4.69, 9.17) is 45.4 Å². The fraction of sp³-hybridized carbons (Fsp3) is 0.462. The Morgan fingerprint density at radius 1 is 0.902 bits per heavy atom. The predicted octanol–water partition coefficient (Wildman–Crippen LogP) is 1.99. The zero-order valence-corrected chi connectivity index (χ0v) is 24.7. The quantitative estimate of drug-likeness (QED) is 0.173. The maximum Gasteiger partial charge on any atom is 0.303 e. The van der Waals surface area contributed by atoms with Gasteiger partial charge in [-0.3, -0.25) is 28.9 Å². The van der Waals surface area contributed by atoms with Crippen LogP contribution in [0.5, 0.6) is 11.5 Å². The molecule has 1 aromatic rings. The van der Waals surface area contributed by atoms with E-state index >= 15 is 0 Å². The van der Waals surface area contributed by atoms with Gasteiger partial charge >= 0.3 is 23.9 Å². The van der Waals surface area contributed by atoms with Gasteiger partial charge in [-0.2, -0.15) is 0 Å². The Balaban J connectivity index is 2.05. The van der Waals surface area contributed by atoms with Crippen LogP contribution in [0, 0.1) is 0 Å². The molecular formula is C26H29NO12S2.